The highest BCUT2D eigenvalue weighted by atomic mass is 16.4. The normalized spacial score (nSPS) is 9.88. The molecule has 1 aromatic heterocycles. The number of nitrogens with zero attached hydrogens (tertiary/aromatic N) is 3. The summed E-state index contributed by atoms with van der Waals surface area (Å²) in [6, 6.07) is 8.78. The highest BCUT2D eigenvalue weighted by Gasteiger charge is 2.10. The molecular weight excluding hydrogens is 218 g/mol. The van der Waals surface area contributed by atoms with Gasteiger partial charge in [-0.1, -0.05) is 6.07 Å². The van der Waals surface area contributed by atoms with Crippen LogP contribution in [0.4, 0.5) is 0 Å². The van der Waals surface area contributed by atoms with Gasteiger partial charge < -0.3 is 5.11 Å². The minimum absolute atomic E-state index is 0.0468. The Morgan fingerprint density at radius 3 is 2.82 bits per heavy atom. The Labute approximate surface area is 97.5 Å². The predicted molar refractivity (Wildman–Crippen MR) is 60.0 cm³/mol. The Morgan fingerprint density at radius 2 is 2.24 bits per heavy atom. The molecule has 17 heavy (non-hydrogen) atoms. The molecule has 0 amide bonds. The molecule has 5 heteroatoms. The number of hydrogen-bond donors (Lipinski definition) is 1. The van der Waals surface area contributed by atoms with Crippen LogP contribution in [-0.4, -0.2) is 20.9 Å². The highest BCUT2D eigenvalue weighted by molar-refractivity contribution is 5.85. The van der Waals surface area contributed by atoms with Crippen molar-refractivity contribution in [2.45, 2.75) is 6.92 Å². The van der Waals surface area contributed by atoms with Crippen LogP contribution in [0.15, 0.2) is 30.5 Å². The Bertz CT molecular complexity index is 623. The van der Waals surface area contributed by atoms with E-state index < -0.39 is 5.97 Å². The summed E-state index contributed by atoms with van der Waals surface area (Å²) in [6.45, 7) is 1.89. The molecule has 0 saturated heterocycles. The quantitative estimate of drug-likeness (QED) is 0.847. The van der Waals surface area contributed by atoms with Gasteiger partial charge in [0, 0.05) is 6.20 Å². The SMILES string of the molecule is Cc1ccc(-n2ccc(C(=O)O)n2)c(C#N)c1. The van der Waals surface area contributed by atoms with Crippen molar-refractivity contribution in [3.63, 3.8) is 0 Å². The van der Waals surface area contributed by atoms with Crippen molar-refractivity contribution >= 4 is 5.97 Å². The van der Waals surface area contributed by atoms with Crippen LogP contribution in [0.3, 0.4) is 0 Å². The zero-order valence-electron chi connectivity index (χ0n) is 9.08. The molecular formula is C12H9N3O2. The van der Waals surface area contributed by atoms with Gasteiger partial charge in [0.15, 0.2) is 5.69 Å². The van der Waals surface area contributed by atoms with Crippen molar-refractivity contribution < 1.29 is 9.90 Å². The molecule has 0 unspecified atom stereocenters. The lowest BCUT2D eigenvalue weighted by Crippen LogP contribution is -2.02. The van der Waals surface area contributed by atoms with Gasteiger partial charge in [-0.25, -0.2) is 9.48 Å². The fourth-order valence-corrected chi connectivity index (χ4v) is 1.51. The second-order valence-electron chi connectivity index (χ2n) is 3.58. The topological polar surface area (TPSA) is 78.9 Å². The Hall–Kier alpha value is -2.61. The summed E-state index contributed by atoms with van der Waals surface area (Å²) in [5.74, 6) is -1.09. The minimum atomic E-state index is -1.09. The molecule has 0 atom stereocenters. The van der Waals surface area contributed by atoms with E-state index in [-0.39, 0.29) is 5.69 Å². The number of aromatic carboxylic acids is 1. The summed E-state index contributed by atoms with van der Waals surface area (Å²) in [7, 11) is 0. The molecule has 1 heterocycles. The summed E-state index contributed by atoms with van der Waals surface area (Å²) >= 11 is 0. The molecule has 0 aliphatic rings. The second kappa shape index (κ2) is 4.10. The molecule has 0 fully saturated rings. The molecule has 0 radical (unpaired) electrons. The molecule has 0 aliphatic heterocycles. The lowest BCUT2D eigenvalue weighted by Gasteiger charge is -2.04. The highest BCUT2D eigenvalue weighted by Crippen LogP contribution is 2.15. The van der Waals surface area contributed by atoms with Crippen LogP contribution in [0, 0.1) is 18.3 Å². The maximum absolute atomic E-state index is 10.7. The van der Waals surface area contributed by atoms with E-state index in [1.165, 1.54) is 16.9 Å². The smallest absolute Gasteiger partial charge is 0.356 e. The number of rotatable bonds is 2. The van der Waals surface area contributed by atoms with Gasteiger partial charge in [0.25, 0.3) is 0 Å². The van der Waals surface area contributed by atoms with E-state index in [2.05, 4.69) is 11.2 Å². The zero-order chi connectivity index (χ0) is 12.4. The Kier molecular flexibility index (Phi) is 2.63. The number of benzene rings is 1. The molecule has 1 aromatic carbocycles. The second-order valence-corrected chi connectivity index (χ2v) is 3.58. The lowest BCUT2D eigenvalue weighted by atomic mass is 10.1. The average molecular weight is 227 g/mol. The van der Waals surface area contributed by atoms with Crippen LogP contribution in [0.2, 0.25) is 0 Å². The number of carboxylic acid groups (broad SMARTS) is 1. The van der Waals surface area contributed by atoms with Crippen molar-refractivity contribution in [2.24, 2.45) is 0 Å². The summed E-state index contributed by atoms with van der Waals surface area (Å²) in [4.78, 5) is 10.7. The third-order valence-corrected chi connectivity index (χ3v) is 2.33. The third-order valence-electron chi connectivity index (χ3n) is 2.33. The molecule has 0 aliphatic carbocycles. The van der Waals surface area contributed by atoms with Crippen molar-refractivity contribution in [2.75, 3.05) is 0 Å². The maximum atomic E-state index is 10.7. The van der Waals surface area contributed by atoms with Gasteiger partial charge in [0.1, 0.15) is 6.07 Å². The van der Waals surface area contributed by atoms with Gasteiger partial charge in [-0.3, -0.25) is 0 Å². The molecule has 0 bridgehead atoms. The van der Waals surface area contributed by atoms with Crippen molar-refractivity contribution in [1.29, 1.82) is 5.26 Å². The molecule has 2 rings (SSSR count). The van der Waals surface area contributed by atoms with Gasteiger partial charge in [0.2, 0.25) is 0 Å². The van der Waals surface area contributed by atoms with Gasteiger partial charge in [-0.05, 0) is 30.7 Å². The van der Waals surface area contributed by atoms with Crippen molar-refractivity contribution in [3.05, 3.63) is 47.3 Å². The number of carboxylic acids is 1. The van der Waals surface area contributed by atoms with Crippen LogP contribution in [0.5, 0.6) is 0 Å². The first-order chi connectivity index (χ1) is 8.11. The fraction of sp³-hybridized carbons (Fsp3) is 0.0833. The van der Waals surface area contributed by atoms with E-state index >= 15 is 0 Å². The lowest BCUT2D eigenvalue weighted by molar-refractivity contribution is 0.0690. The third kappa shape index (κ3) is 2.01. The zero-order valence-corrected chi connectivity index (χ0v) is 9.08. The maximum Gasteiger partial charge on any atom is 0.356 e. The average Bonchev–Trinajstić information content (AvgIpc) is 2.78. The van der Waals surface area contributed by atoms with Gasteiger partial charge in [0.05, 0.1) is 11.3 Å². The van der Waals surface area contributed by atoms with Crippen LogP contribution in [0.1, 0.15) is 21.6 Å². The van der Waals surface area contributed by atoms with Gasteiger partial charge in [-0.15, -0.1) is 0 Å². The molecule has 5 nitrogen and oxygen atoms in total. The summed E-state index contributed by atoms with van der Waals surface area (Å²) < 4.78 is 1.39. The fourth-order valence-electron chi connectivity index (χ4n) is 1.51. The van der Waals surface area contributed by atoms with Crippen LogP contribution in [0.25, 0.3) is 5.69 Å². The summed E-state index contributed by atoms with van der Waals surface area (Å²) in [6.07, 6.45) is 1.52. The Morgan fingerprint density at radius 1 is 1.47 bits per heavy atom. The number of aromatic nitrogens is 2. The van der Waals surface area contributed by atoms with Gasteiger partial charge in [-0.2, -0.15) is 10.4 Å². The summed E-state index contributed by atoms with van der Waals surface area (Å²) in [5, 5.41) is 21.7. The van der Waals surface area contributed by atoms with Crippen molar-refractivity contribution in [3.8, 4) is 11.8 Å². The van der Waals surface area contributed by atoms with E-state index in [0.717, 1.165) is 5.56 Å². The molecule has 1 N–H and O–H groups in total. The standard InChI is InChI=1S/C12H9N3O2/c1-8-2-3-11(9(6-8)7-13)15-5-4-10(14-15)12(16)17/h2-6H,1H3,(H,16,17). The van der Waals surface area contributed by atoms with Crippen LogP contribution < -0.4 is 0 Å². The summed E-state index contributed by atoms with van der Waals surface area (Å²) in [5.41, 5.74) is 1.96. The number of aryl methyl sites for hydroxylation is 1. The van der Waals surface area contributed by atoms with Crippen molar-refractivity contribution in [1.82, 2.24) is 9.78 Å². The largest absolute Gasteiger partial charge is 0.476 e. The molecule has 0 saturated carbocycles. The van der Waals surface area contributed by atoms with Gasteiger partial charge >= 0.3 is 5.97 Å². The van der Waals surface area contributed by atoms with E-state index in [9.17, 15) is 4.79 Å². The number of carbonyl (C=O) groups is 1. The monoisotopic (exact) mass is 227 g/mol. The van der Waals surface area contributed by atoms with E-state index in [1.54, 1.807) is 12.1 Å². The predicted octanol–water partition coefficient (Wildman–Crippen LogP) is 1.75. The Balaban J connectivity index is 2.53. The minimum Gasteiger partial charge on any atom is -0.476 e. The molecule has 0 spiro atoms. The molecule has 84 valence electrons. The first-order valence-electron chi connectivity index (χ1n) is 4.92. The van der Waals surface area contributed by atoms with E-state index in [0.29, 0.717) is 11.3 Å². The first kappa shape index (κ1) is 10.9. The first-order valence-corrected chi connectivity index (χ1v) is 4.92. The van der Waals surface area contributed by atoms with Crippen LogP contribution in [-0.2, 0) is 0 Å². The number of hydrogen-bond acceptors (Lipinski definition) is 3. The van der Waals surface area contributed by atoms with E-state index in [1.807, 2.05) is 13.0 Å². The van der Waals surface area contributed by atoms with E-state index in [4.69, 9.17) is 10.4 Å². The number of nitriles is 1. The molecule has 2 aromatic rings. The van der Waals surface area contributed by atoms with Crippen LogP contribution >= 0.6 is 0 Å².